The van der Waals surface area contributed by atoms with Gasteiger partial charge in [-0.15, -0.1) is 0 Å². The summed E-state index contributed by atoms with van der Waals surface area (Å²) in [6, 6.07) is 5.76. The molecule has 0 fully saturated rings. The van der Waals surface area contributed by atoms with Gasteiger partial charge in [-0.3, -0.25) is 0 Å². The number of carbonyl (C=O) groups is 1. The van der Waals surface area contributed by atoms with E-state index in [0.29, 0.717) is 6.61 Å². The molecule has 0 aliphatic heterocycles. The molecule has 4 nitrogen and oxygen atoms in total. The highest BCUT2D eigenvalue weighted by atomic mass is 16.5. The van der Waals surface area contributed by atoms with E-state index in [2.05, 4.69) is 18.8 Å². The van der Waals surface area contributed by atoms with E-state index in [4.69, 9.17) is 14.6 Å². The van der Waals surface area contributed by atoms with Crippen molar-refractivity contribution in [1.82, 2.24) is 0 Å². The molecule has 0 unspecified atom stereocenters. The van der Waals surface area contributed by atoms with Gasteiger partial charge in [0.15, 0.2) is 0 Å². The average molecular weight is 401 g/mol. The summed E-state index contributed by atoms with van der Waals surface area (Å²) < 4.78 is 10.7. The number of aliphatic hydroxyl groups is 1. The largest absolute Gasteiger partial charge is 0.493 e. The van der Waals surface area contributed by atoms with E-state index < -0.39 is 5.97 Å². The van der Waals surface area contributed by atoms with Gasteiger partial charge in [0.2, 0.25) is 0 Å². The zero-order valence-electron chi connectivity index (χ0n) is 18.0. The van der Waals surface area contributed by atoms with E-state index >= 15 is 0 Å². The lowest BCUT2D eigenvalue weighted by Gasteiger charge is -2.11. The summed E-state index contributed by atoms with van der Waals surface area (Å²) in [4.78, 5) is 11.5. The number of rotatable bonds is 14. The number of benzene rings is 1. The summed E-state index contributed by atoms with van der Waals surface area (Å²) in [5.74, 6) is 6.64. The molecule has 0 saturated carbocycles. The maximum absolute atomic E-state index is 11.5. The standard InChI is InChI=1S/C25H36O4/c1-3-4-5-6-7-10-13-21-29-24-17-14-16-22(15-11-8-9-12-20-26)23(24)18-19-25(27)28-2/h14,16-19,26H,3-10,12-13,20-21H2,1-2H3. The number of carbonyl (C=O) groups excluding carboxylic acids is 1. The van der Waals surface area contributed by atoms with Crippen LogP contribution in [-0.4, -0.2) is 31.4 Å². The molecule has 1 N–H and O–H groups in total. The van der Waals surface area contributed by atoms with Crippen molar-refractivity contribution in [2.45, 2.75) is 71.1 Å². The fourth-order valence-corrected chi connectivity index (χ4v) is 2.89. The van der Waals surface area contributed by atoms with E-state index in [9.17, 15) is 4.79 Å². The Morgan fingerprint density at radius 1 is 1.07 bits per heavy atom. The minimum Gasteiger partial charge on any atom is -0.493 e. The Morgan fingerprint density at radius 2 is 1.83 bits per heavy atom. The molecule has 1 aromatic rings. The maximum atomic E-state index is 11.5. The normalized spacial score (nSPS) is 10.6. The summed E-state index contributed by atoms with van der Waals surface area (Å²) in [5, 5.41) is 8.87. The Hall–Kier alpha value is -2.25. The third-order valence-corrected chi connectivity index (χ3v) is 4.59. The Balaban J connectivity index is 2.72. The maximum Gasteiger partial charge on any atom is 0.330 e. The van der Waals surface area contributed by atoms with E-state index in [-0.39, 0.29) is 6.61 Å². The second-order valence-corrected chi connectivity index (χ2v) is 7.03. The van der Waals surface area contributed by atoms with Gasteiger partial charge in [0.05, 0.1) is 13.7 Å². The van der Waals surface area contributed by atoms with Crippen LogP contribution < -0.4 is 4.74 Å². The smallest absolute Gasteiger partial charge is 0.330 e. The van der Waals surface area contributed by atoms with Gasteiger partial charge < -0.3 is 14.6 Å². The molecule has 0 aromatic heterocycles. The van der Waals surface area contributed by atoms with Crippen LogP contribution in [0.1, 0.15) is 82.3 Å². The molecular formula is C25H36O4. The molecule has 1 rings (SSSR count). The second kappa shape index (κ2) is 16.7. The minimum absolute atomic E-state index is 0.191. The molecule has 0 radical (unpaired) electrons. The number of ether oxygens (including phenoxy) is 2. The molecule has 0 atom stereocenters. The van der Waals surface area contributed by atoms with E-state index in [1.165, 1.54) is 51.7 Å². The molecule has 0 bridgehead atoms. The zero-order valence-corrected chi connectivity index (χ0v) is 18.0. The SMILES string of the molecule is CCCCCCCCCOc1cccc(C#CCCCCO)c1C=CC(=O)OC. The molecule has 0 heterocycles. The number of hydrogen-bond donors (Lipinski definition) is 1. The Labute approximate surface area is 176 Å². The van der Waals surface area contributed by atoms with Crippen molar-refractivity contribution in [1.29, 1.82) is 0 Å². The van der Waals surface area contributed by atoms with Crippen LogP contribution in [0.5, 0.6) is 5.75 Å². The predicted molar refractivity (Wildman–Crippen MR) is 119 cm³/mol. The monoisotopic (exact) mass is 400 g/mol. The number of hydrogen-bond acceptors (Lipinski definition) is 4. The fraction of sp³-hybridized carbons (Fsp3) is 0.560. The summed E-state index contributed by atoms with van der Waals surface area (Å²) in [7, 11) is 1.36. The van der Waals surface area contributed by atoms with Crippen LogP contribution in [0.25, 0.3) is 6.08 Å². The first-order valence-corrected chi connectivity index (χ1v) is 10.8. The van der Waals surface area contributed by atoms with Gasteiger partial charge in [-0.05, 0) is 37.5 Å². The van der Waals surface area contributed by atoms with Crippen molar-refractivity contribution in [2.24, 2.45) is 0 Å². The van der Waals surface area contributed by atoms with Crippen LogP contribution in [0.15, 0.2) is 24.3 Å². The summed E-state index contributed by atoms with van der Waals surface area (Å²) in [5.41, 5.74) is 1.63. The third kappa shape index (κ3) is 11.4. The number of unbranched alkanes of at least 4 members (excludes halogenated alkanes) is 8. The Kier molecular flexibility index (Phi) is 14.3. The Morgan fingerprint density at radius 3 is 2.55 bits per heavy atom. The number of esters is 1. The first-order valence-electron chi connectivity index (χ1n) is 10.8. The lowest BCUT2D eigenvalue weighted by Crippen LogP contribution is -2.01. The molecular weight excluding hydrogens is 364 g/mol. The molecule has 0 aliphatic rings. The molecule has 0 aliphatic carbocycles. The summed E-state index contributed by atoms with van der Waals surface area (Å²) >= 11 is 0. The highest BCUT2D eigenvalue weighted by Gasteiger charge is 2.07. The van der Waals surface area contributed by atoms with Crippen LogP contribution >= 0.6 is 0 Å². The molecule has 0 saturated heterocycles. The molecule has 29 heavy (non-hydrogen) atoms. The molecule has 1 aromatic carbocycles. The van der Waals surface area contributed by atoms with Gasteiger partial charge in [0, 0.05) is 30.2 Å². The van der Waals surface area contributed by atoms with Crippen molar-refractivity contribution in [2.75, 3.05) is 20.3 Å². The lowest BCUT2D eigenvalue weighted by molar-refractivity contribution is -0.134. The van der Waals surface area contributed by atoms with Gasteiger partial charge in [0.1, 0.15) is 5.75 Å². The van der Waals surface area contributed by atoms with Crippen LogP contribution in [0.4, 0.5) is 0 Å². The molecule has 0 amide bonds. The lowest BCUT2D eigenvalue weighted by atomic mass is 10.1. The summed E-state index contributed by atoms with van der Waals surface area (Å²) in [6.07, 6.45) is 14.1. The highest BCUT2D eigenvalue weighted by molar-refractivity contribution is 5.88. The first-order chi connectivity index (χ1) is 14.2. The third-order valence-electron chi connectivity index (χ3n) is 4.59. The molecule has 4 heteroatoms. The van der Waals surface area contributed by atoms with Crippen LogP contribution in [0, 0.1) is 11.8 Å². The van der Waals surface area contributed by atoms with E-state index in [1.807, 2.05) is 18.2 Å². The quantitative estimate of drug-likeness (QED) is 0.193. The second-order valence-electron chi connectivity index (χ2n) is 7.03. The summed E-state index contributed by atoms with van der Waals surface area (Å²) in [6.45, 7) is 3.07. The minimum atomic E-state index is -0.409. The van der Waals surface area contributed by atoms with Crippen molar-refractivity contribution < 1.29 is 19.4 Å². The molecule has 160 valence electrons. The van der Waals surface area contributed by atoms with E-state index in [1.54, 1.807) is 6.08 Å². The molecule has 0 spiro atoms. The first kappa shape index (κ1) is 24.8. The number of methoxy groups -OCH3 is 1. The van der Waals surface area contributed by atoms with Crippen molar-refractivity contribution in [3.63, 3.8) is 0 Å². The topological polar surface area (TPSA) is 55.8 Å². The van der Waals surface area contributed by atoms with Crippen molar-refractivity contribution >= 4 is 12.0 Å². The van der Waals surface area contributed by atoms with Crippen LogP contribution in [0.2, 0.25) is 0 Å². The Bertz CT molecular complexity index is 667. The predicted octanol–water partition coefficient (Wildman–Crippen LogP) is 5.52. The van der Waals surface area contributed by atoms with E-state index in [0.717, 1.165) is 42.6 Å². The van der Waals surface area contributed by atoms with Gasteiger partial charge in [-0.1, -0.05) is 63.4 Å². The van der Waals surface area contributed by atoms with Gasteiger partial charge >= 0.3 is 5.97 Å². The van der Waals surface area contributed by atoms with Crippen LogP contribution in [-0.2, 0) is 9.53 Å². The fourth-order valence-electron chi connectivity index (χ4n) is 2.89. The number of aliphatic hydroxyl groups excluding tert-OH is 1. The van der Waals surface area contributed by atoms with Gasteiger partial charge in [-0.2, -0.15) is 0 Å². The van der Waals surface area contributed by atoms with Crippen molar-refractivity contribution in [3.05, 3.63) is 35.4 Å². The van der Waals surface area contributed by atoms with Crippen LogP contribution in [0.3, 0.4) is 0 Å². The van der Waals surface area contributed by atoms with Crippen molar-refractivity contribution in [3.8, 4) is 17.6 Å². The highest BCUT2D eigenvalue weighted by Crippen LogP contribution is 2.24. The average Bonchev–Trinajstić information content (AvgIpc) is 2.74. The van der Waals surface area contributed by atoms with Gasteiger partial charge in [-0.25, -0.2) is 4.79 Å². The zero-order chi connectivity index (χ0) is 21.2. The van der Waals surface area contributed by atoms with Gasteiger partial charge in [0.25, 0.3) is 0 Å².